The van der Waals surface area contributed by atoms with E-state index in [2.05, 4.69) is 5.32 Å². The molecule has 3 amide bonds. The van der Waals surface area contributed by atoms with Crippen LogP contribution in [0.2, 0.25) is 0 Å². The van der Waals surface area contributed by atoms with Crippen molar-refractivity contribution in [3.63, 3.8) is 0 Å². The van der Waals surface area contributed by atoms with Crippen LogP contribution in [0.4, 0.5) is 11.4 Å². The predicted octanol–water partition coefficient (Wildman–Crippen LogP) is 3.24. The van der Waals surface area contributed by atoms with Crippen molar-refractivity contribution in [2.24, 2.45) is 0 Å². The van der Waals surface area contributed by atoms with Crippen molar-refractivity contribution < 1.29 is 19.3 Å². The number of hydrogen-bond donors (Lipinski definition) is 1. The Morgan fingerprint density at radius 1 is 1.07 bits per heavy atom. The Morgan fingerprint density at radius 3 is 2.37 bits per heavy atom. The number of fused-ring (bicyclic) bond motifs is 1. The molecule has 0 spiro atoms. The molecule has 8 nitrogen and oxygen atoms in total. The number of carbonyl (C=O) groups excluding carboxylic acids is 3. The summed E-state index contributed by atoms with van der Waals surface area (Å²) in [5.74, 6) is -1.21. The molecule has 8 heteroatoms. The van der Waals surface area contributed by atoms with Gasteiger partial charge in [-0.3, -0.25) is 29.4 Å². The molecule has 0 unspecified atom stereocenters. The number of non-ortho nitro benzene ring substituents is 1. The Balaban J connectivity index is 1.78. The number of benzene rings is 2. The molecule has 138 valence electrons. The molecule has 0 radical (unpaired) electrons. The van der Waals surface area contributed by atoms with Crippen molar-refractivity contribution in [1.82, 2.24) is 4.90 Å². The number of nitro benzene ring substituents is 1. The van der Waals surface area contributed by atoms with Gasteiger partial charge < -0.3 is 5.32 Å². The van der Waals surface area contributed by atoms with E-state index >= 15 is 0 Å². The van der Waals surface area contributed by atoms with Crippen LogP contribution in [-0.4, -0.2) is 34.1 Å². The minimum absolute atomic E-state index is 0.0817. The van der Waals surface area contributed by atoms with Gasteiger partial charge in [0.2, 0.25) is 0 Å². The Kier molecular flexibility index (Phi) is 4.98. The minimum Gasteiger partial charge on any atom is -0.322 e. The summed E-state index contributed by atoms with van der Waals surface area (Å²) < 4.78 is 0. The standard InChI is InChI=1S/C19H17N3O5/c1-2-3-10-21-18(24)15-9-4-12(11-16(15)19(21)25)17(23)20-13-5-7-14(8-6-13)22(26)27/h4-9,11H,2-3,10H2,1H3,(H,20,23). The summed E-state index contributed by atoms with van der Waals surface area (Å²) in [5, 5.41) is 13.3. The van der Waals surface area contributed by atoms with Gasteiger partial charge in [0.15, 0.2) is 0 Å². The van der Waals surface area contributed by atoms with E-state index in [1.165, 1.54) is 47.4 Å². The molecular formula is C19H17N3O5. The van der Waals surface area contributed by atoms with Gasteiger partial charge >= 0.3 is 0 Å². The molecule has 0 aliphatic carbocycles. The van der Waals surface area contributed by atoms with Gasteiger partial charge in [-0.15, -0.1) is 0 Å². The number of carbonyl (C=O) groups is 3. The fourth-order valence-electron chi connectivity index (χ4n) is 2.82. The molecule has 2 aromatic rings. The van der Waals surface area contributed by atoms with E-state index in [9.17, 15) is 24.5 Å². The van der Waals surface area contributed by atoms with Crippen LogP contribution in [-0.2, 0) is 0 Å². The van der Waals surface area contributed by atoms with Crippen LogP contribution in [0.15, 0.2) is 42.5 Å². The summed E-state index contributed by atoms with van der Waals surface area (Å²) in [7, 11) is 0. The quantitative estimate of drug-likeness (QED) is 0.479. The Labute approximate surface area is 154 Å². The fraction of sp³-hybridized carbons (Fsp3) is 0.211. The highest BCUT2D eigenvalue weighted by Crippen LogP contribution is 2.25. The molecule has 1 aliphatic rings. The van der Waals surface area contributed by atoms with Crippen molar-refractivity contribution in [2.45, 2.75) is 19.8 Å². The van der Waals surface area contributed by atoms with Gasteiger partial charge in [-0.05, 0) is 36.8 Å². The number of hydrogen-bond acceptors (Lipinski definition) is 5. The van der Waals surface area contributed by atoms with E-state index in [1.807, 2.05) is 6.92 Å². The average Bonchev–Trinajstić information content (AvgIpc) is 2.90. The van der Waals surface area contributed by atoms with E-state index in [0.29, 0.717) is 17.8 Å². The van der Waals surface area contributed by atoms with Crippen LogP contribution in [0.25, 0.3) is 0 Å². The lowest BCUT2D eigenvalue weighted by atomic mass is 10.1. The number of unbranched alkanes of at least 4 members (excludes halogenated alkanes) is 1. The highest BCUT2D eigenvalue weighted by molar-refractivity contribution is 6.22. The van der Waals surface area contributed by atoms with Gasteiger partial charge in [0, 0.05) is 29.9 Å². The lowest BCUT2D eigenvalue weighted by Gasteiger charge is -2.12. The van der Waals surface area contributed by atoms with Crippen LogP contribution < -0.4 is 5.32 Å². The van der Waals surface area contributed by atoms with Gasteiger partial charge in [0.25, 0.3) is 23.4 Å². The summed E-state index contributed by atoms with van der Waals surface area (Å²) in [4.78, 5) is 48.5. The number of nitrogens with zero attached hydrogens (tertiary/aromatic N) is 2. The summed E-state index contributed by atoms with van der Waals surface area (Å²) >= 11 is 0. The largest absolute Gasteiger partial charge is 0.322 e. The van der Waals surface area contributed by atoms with Gasteiger partial charge in [0.1, 0.15) is 0 Å². The summed E-state index contributed by atoms with van der Waals surface area (Å²) in [6.07, 6.45) is 1.58. The van der Waals surface area contributed by atoms with E-state index in [1.54, 1.807) is 0 Å². The Bertz CT molecular complexity index is 937. The van der Waals surface area contributed by atoms with E-state index in [4.69, 9.17) is 0 Å². The smallest absolute Gasteiger partial charge is 0.269 e. The van der Waals surface area contributed by atoms with Crippen molar-refractivity contribution in [3.8, 4) is 0 Å². The average molecular weight is 367 g/mol. The molecule has 2 aromatic carbocycles. The number of nitrogens with one attached hydrogen (secondary N) is 1. The van der Waals surface area contributed by atoms with Crippen molar-refractivity contribution in [1.29, 1.82) is 0 Å². The summed E-state index contributed by atoms with van der Waals surface area (Å²) in [6, 6.07) is 9.77. The third-order valence-electron chi connectivity index (χ3n) is 4.30. The van der Waals surface area contributed by atoms with Gasteiger partial charge in [-0.1, -0.05) is 13.3 Å². The fourth-order valence-corrected chi connectivity index (χ4v) is 2.82. The minimum atomic E-state index is -0.529. The summed E-state index contributed by atoms with van der Waals surface area (Å²) in [5.41, 5.74) is 1.04. The first kappa shape index (κ1) is 18.2. The maximum atomic E-state index is 12.5. The second-order valence-electron chi connectivity index (χ2n) is 6.13. The molecule has 27 heavy (non-hydrogen) atoms. The maximum absolute atomic E-state index is 12.5. The number of amides is 3. The molecule has 0 atom stereocenters. The molecule has 1 heterocycles. The molecular weight excluding hydrogens is 350 g/mol. The number of imide groups is 1. The Morgan fingerprint density at radius 2 is 1.74 bits per heavy atom. The van der Waals surface area contributed by atoms with Crippen molar-refractivity contribution in [3.05, 3.63) is 69.3 Å². The lowest BCUT2D eigenvalue weighted by Crippen LogP contribution is -2.30. The molecule has 0 fully saturated rings. The molecule has 1 aliphatic heterocycles. The molecule has 1 N–H and O–H groups in total. The lowest BCUT2D eigenvalue weighted by molar-refractivity contribution is -0.384. The third-order valence-corrected chi connectivity index (χ3v) is 4.30. The monoisotopic (exact) mass is 367 g/mol. The van der Waals surface area contributed by atoms with E-state index in [0.717, 1.165) is 12.8 Å². The maximum Gasteiger partial charge on any atom is 0.269 e. The third kappa shape index (κ3) is 3.55. The first-order valence-electron chi connectivity index (χ1n) is 8.48. The van der Waals surface area contributed by atoms with E-state index < -0.39 is 16.7 Å². The second-order valence-corrected chi connectivity index (χ2v) is 6.13. The number of anilines is 1. The summed E-state index contributed by atoms with van der Waals surface area (Å²) in [6.45, 7) is 2.33. The predicted molar refractivity (Wildman–Crippen MR) is 97.8 cm³/mol. The topological polar surface area (TPSA) is 110 Å². The number of nitro groups is 1. The normalized spacial score (nSPS) is 12.9. The van der Waals surface area contributed by atoms with Gasteiger partial charge in [-0.25, -0.2) is 0 Å². The van der Waals surface area contributed by atoms with Crippen LogP contribution in [0, 0.1) is 10.1 Å². The Hall–Kier alpha value is -3.55. The zero-order chi connectivity index (χ0) is 19.6. The highest BCUT2D eigenvalue weighted by Gasteiger charge is 2.35. The zero-order valence-electron chi connectivity index (χ0n) is 14.6. The zero-order valence-corrected chi connectivity index (χ0v) is 14.6. The highest BCUT2D eigenvalue weighted by atomic mass is 16.6. The molecule has 3 rings (SSSR count). The van der Waals surface area contributed by atoms with Crippen LogP contribution in [0.3, 0.4) is 0 Å². The first-order chi connectivity index (χ1) is 12.9. The van der Waals surface area contributed by atoms with Crippen LogP contribution in [0.1, 0.15) is 50.8 Å². The number of rotatable bonds is 6. The van der Waals surface area contributed by atoms with Crippen LogP contribution >= 0.6 is 0 Å². The molecule has 0 saturated carbocycles. The van der Waals surface area contributed by atoms with Gasteiger partial charge in [-0.2, -0.15) is 0 Å². The first-order valence-corrected chi connectivity index (χ1v) is 8.48. The molecule has 0 aromatic heterocycles. The van der Waals surface area contributed by atoms with Crippen molar-refractivity contribution >= 4 is 29.1 Å². The second kappa shape index (κ2) is 7.36. The van der Waals surface area contributed by atoms with E-state index in [-0.39, 0.29) is 22.7 Å². The molecule has 0 bridgehead atoms. The van der Waals surface area contributed by atoms with Crippen molar-refractivity contribution in [2.75, 3.05) is 11.9 Å². The van der Waals surface area contributed by atoms with Crippen LogP contribution in [0.5, 0.6) is 0 Å². The molecule has 0 saturated heterocycles. The SMILES string of the molecule is CCCCN1C(=O)c2ccc(C(=O)Nc3ccc([N+](=O)[O-])cc3)cc2C1=O. The van der Waals surface area contributed by atoms with Gasteiger partial charge in [0.05, 0.1) is 16.1 Å².